The molecule has 1 unspecified atom stereocenters. The predicted octanol–water partition coefficient (Wildman–Crippen LogP) is 3.13. The summed E-state index contributed by atoms with van der Waals surface area (Å²) in [5.41, 5.74) is 0.406. The van der Waals surface area contributed by atoms with Crippen LogP contribution in [0.15, 0.2) is 18.2 Å². The van der Waals surface area contributed by atoms with Crippen molar-refractivity contribution in [2.75, 3.05) is 56.4 Å². The number of fused-ring (bicyclic) bond motifs is 1. The smallest absolute Gasteiger partial charge is 0.270 e. The number of ether oxygens (including phenoxy) is 3. The molecule has 2 N–H and O–H groups in total. The first-order chi connectivity index (χ1) is 19.6. The minimum absolute atomic E-state index is 0.0114. The van der Waals surface area contributed by atoms with Gasteiger partial charge in [-0.25, -0.2) is 0 Å². The number of nitrogens with one attached hydrogen (secondary N) is 2. The van der Waals surface area contributed by atoms with Gasteiger partial charge in [-0.3, -0.25) is 14.4 Å². The molecule has 2 heterocycles. The zero-order valence-corrected chi connectivity index (χ0v) is 25.5. The number of benzene rings is 1. The van der Waals surface area contributed by atoms with E-state index in [1.54, 1.807) is 25.9 Å². The van der Waals surface area contributed by atoms with E-state index in [4.69, 9.17) is 14.2 Å². The summed E-state index contributed by atoms with van der Waals surface area (Å²) in [5, 5.41) is 6.49. The van der Waals surface area contributed by atoms with Gasteiger partial charge in [-0.15, -0.1) is 0 Å². The molecule has 0 aromatic heterocycles. The molecule has 3 atom stereocenters. The van der Waals surface area contributed by atoms with Crippen LogP contribution in [0.3, 0.4) is 0 Å². The molecule has 3 aliphatic rings. The van der Waals surface area contributed by atoms with E-state index in [2.05, 4.69) is 24.5 Å². The van der Waals surface area contributed by atoms with Gasteiger partial charge in [0.25, 0.3) is 5.91 Å². The summed E-state index contributed by atoms with van der Waals surface area (Å²) in [6.45, 7) is 12.6. The van der Waals surface area contributed by atoms with Crippen LogP contribution < -0.4 is 25.2 Å². The molecule has 2 aliphatic heterocycles. The molecule has 0 radical (unpaired) electrons. The third kappa shape index (κ3) is 7.59. The van der Waals surface area contributed by atoms with Crippen LogP contribution in [0.1, 0.15) is 60.3 Å². The van der Waals surface area contributed by atoms with Crippen molar-refractivity contribution >= 4 is 29.1 Å². The monoisotopic (exact) mass is 572 g/mol. The Hall–Kier alpha value is -2.69. The van der Waals surface area contributed by atoms with Crippen molar-refractivity contribution in [1.29, 1.82) is 0 Å². The second-order valence-corrected chi connectivity index (χ2v) is 12.4. The van der Waals surface area contributed by atoms with Crippen LogP contribution in [0.2, 0.25) is 0 Å². The van der Waals surface area contributed by atoms with Gasteiger partial charge in [-0.05, 0) is 70.6 Å². The lowest BCUT2D eigenvalue weighted by atomic mass is 9.88. The Morgan fingerprint density at radius 1 is 1.22 bits per heavy atom. The number of nitrogens with zero attached hydrogens (tertiary/aromatic N) is 2. The predicted molar refractivity (Wildman–Crippen MR) is 158 cm³/mol. The van der Waals surface area contributed by atoms with E-state index in [9.17, 15) is 14.4 Å². The molecular weight excluding hydrogens is 524 g/mol. The van der Waals surface area contributed by atoms with E-state index in [1.165, 1.54) is 0 Å². The van der Waals surface area contributed by atoms with Gasteiger partial charge in [-0.1, -0.05) is 13.8 Å². The number of hydrogen-bond acceptors (Lipinski definition) is 7. The highest BCUT2D eigenvalue weighted by Crippen LogP contribution is 2.42. The molecule has 0 spiro atoms. The maximum atomic E-state index is 14.0. The van der Waals surface area contributed by atoms with Crippen LogP contribution >= 0.6 is 0 Å². The highest BCUT2D eigenvalue weighted by atomic mass is 16.5. The second-order valence-electron chi connectivity index (χ2n) is 12.4. The maximum absolute atomic E-state index is 14.0. The van der Waals surface area contributed by atoms with Gasteiger partial charge in [0.15, 0.2) is 5.60 Å². The van der Waals surface area contributed by atoms with Crippen molar-refractivity contribution in [2.24, 2.45) is 17.8 Å². The molecule has 1 aliphatic carbocycles. The average molecular weight is 573 g/mol. The molecule has 228 valence electrons. The molecule has 2 fully saturated rings. The van der Waals surface area contributed by atoms with E-state index >= 15 is 0 Å². The minimum Gasteiger partial charge on any atom is -0.476 e. The van der Waals surface area contributed by atoms with Crippen LogP contribution in [-0.4, -0.2) is 82.0 Å². The molecule has 10 heteroatoms. The summed E-state index contributed by atoms with van der Waals surface area (Å²) >= 11 is 0. The number of anilines is 2. The summed E-state index contributed by atoms with van der Waals surface area (Å²) in [4.78, 5) is 44.2. The maximum Gasteiger partial charge on any atom is 0.270 e. The number of amides is 3. The molecule has 1 saturated heterocycles. The standard InChI is InChI=1S/C31H48N4O6/c1-7-40-13-12-34-26-16-25(10-11-27(26)41-31(4,5)30(34)38)35(24-8-9-24)29(37)22-15-21(17-32-18-22)28(36)33-23(19-39-6)14-20(2)3/h10-11,16,20-24,32H,7-9,12-15,17-19H2,1-6H3,(H,33,36)/t21-,22+,23?/m0/s1. The fourth-order valence-corrected chi connectivity index (χ4v) is 5.86. The Balaban J connectivity index is 1.52. The first-order valence-corrected chi connectivity index (χ1v) is 15.1. The van der Waals surface area contributed by atoms with Gasteiger partial charge >= 0.3 is 0 Å². The van der Waals surface area contributed by atoms with Gasteiger partial charge in [0.2, 0.25) is 11.8 Å². The Morgan fingerprint density at radius 2 is 1.95 bits per heavy atom. The number of rotatable bonds is 13. The summed E-state index contributed by atoms with van der Waals surface area (Å²) < 4.78 is 16.9. The molecule has 1 aromatic carbocycles. The zero-order chi connectivity index (χ0) is 29.7. The highest BCUT2D eigenvalue weighted by molar-refractivity contribution is 6.04. The third-order valence-corrected chi connectivity index (χ3v) is 7.99. The zero-order valence-electron chi connectivity index (χ0n) is 25.5. The lowest BCUT2D eigenvalue weighted by molar-refractivity contribution is -0.133. The van der Waals surface area contributed by atoms with Crippen molar-refractivity contribution in [1.82, 2.24) is 10.6 Å². The topological polar surface area (TPSA) is 109 Å². The van der Waals surface area contributed by atoms with E-state index in [1.807, 2.05) is 30.0 Å². The van der Waals surface area contributed by atoms with E-state index in [0.29, 0.717) is 63.2 Å². The van der Waals surface area contributed by atoms with Crippen molar-refractivity contribution in [3.63, 3.8) is 0 Å². The number of carbonyl (C=O) groups is 3. The summed E-state index contributed by atoms with van der Waals surface area (Å²) in [6.07, 6.45) is 3.18. The Kier molecular flexibility index (Phi) is 10.3. The van der Waals surface area contributed by atoms with Crippen molar-refractivity contribution in [2.45, 2.75) is 78.0 Å². The fourth-order valence-electron chi connectivity index (χ4n) is 5.86. The van der Waals surface area contributed by atoms with Gasteiger partial charge in [0, 0.05) is 45.1 Å². The first kappa shape index (κ1) is 31.3. The van der Waals surface area contributed by atoms with Crippen LogP contribution in [0.5, 0.6) is 5.75 Å². The van der Waals surface area contributed by atoms with Crippen LogP contribution in [0.25, 0.3) is 0 Å². The van der Waals surface area contributed by atoms with Crippen LogP contribution in [0.4, 0.5) is 11.4 Å². The van der Waals surface area contributed by atoms with Crippen molar-refractivity contribution in [3.05, 3.63) is 18.2 Å². The molecule has 3 amide bonds. The Morgan fingerprint density at radius 3 is 2.61 bits per heavy atom. The SMILES string of the molecule is CCOCCN1C(=O)C(C)(C)Oc2ccc(N(C(=O)[C@H]3CNC[C@@H](C(=O)NC(COC)CC(C)C)C3)C3CC3)cc21. The summed E-state index contributed by atoms with van der Waals surface area (Å²) in [6, 6.07) is 5.72. The summed E-state index contributed by atoms with van der Waals surface area (Å²) in [5.74, 6) is 0.260. The quantitative estimate of drug-likeness (QED) is 0.350. The van der Waals surface area contributed by atoms with Gasteiger partial charge < -0.3 is 34.6 Å². The van der Waals surface area contributed by atoms with E-state index in [0.717, 1.165) is 24.9 Å². The first-order valence-electron chi connectivity index (χ1n) is 15.1. The molecule has 1 saturated carbocycles. The third-order valence-electron chi connectivity index (χ3n) is 7.99. The normalized spacial score (nSPS) is 22.6. The molecule has 1 aromatic rings. The molecular formula is C31H48N4O6. The molecule has 0 bridgehead atoms. The number of hydrogen-bond donors (Lipinski definition) is 2. The summed E-state index contributed by atoms with van der Waals surface area (Å²) in [7, 11) is 1.64. The van der Waals surface area contributed by atoms with Crippen molar-refractivity contribution < 1.29 is 28.6 Å². The minimum atomic E-state index is -0.993. The van der Waals surface area contributed by atoms with Crippen LogP contribution in [0, 0.1) is 17.8 Å². The van der Waals surface area contributed by atoms with E-state index in [-0.39, 0.29) is 41.6 Å². The number of carbonyl (C=O) groups excluding carboxylic acids is 3. The molecule has 10 nitrogen and oxygen atoms in total. The Bertz CT molecular complexity index is 1090. The average Bonchev–Trinajstić information content (AvgIpc) is 3.76. The van der Waals surface area contributed by atoms with E-state index < -0.39 is 5.60 Å². The highest BCUT2D eigenvalue weighted by Gasteiger charge is 2.43. The largest absolute Gasteiger partial charge is 0.476 e. The van der Waals surface area contributed by atoms with Gasteiger partial charge in [0.05, 0.1) is 36.8 Å². The Labute approximate surface area is 244 Å². The lowest BCUT2D eigenvalue weighted by Gasteiger charge is -2.39. The molecule has 4 rings (SSSR count). The van der Waals surface area contributed by atoms with Gasteiger partial charge in [0.1, 0.15) is 5.75 Å². The number of methoxy groups -OCH3 is 1. The molecule has 41 heavy (non-hydrogen) atoms. The second kappa shape index (κ2) is 13.5. The lowest BCUT2D eigenvalue weighted by Crippen LogP contribution is -2.53. The van der Waals surface area contributed by atoms with Crippen molar-refractivity contribution in [3.8, 4) is 5.75 Å². The van der Waals surface area contributed by atoms with Crippen LogP contribution in [-0.2, 0) is 23.9 Å². The number of piperidine rings is 1. The van der Waals surface area contributed by atoms with Gasteiger partial charge in [-0.2, -0.15) is 0 Å². The fraction of sp³-hybridized carbons (Fsp3) is 0.710.